The third-order valence-electron chi connectivity index (χ3n) is 2.43. The molecule has 100 valence electrons. The third kappa shape index (κ3) is 2.98. The molecule has 0 aliphatic heterocycles. The number of nitrogens with two attached hydrogens (primary N) is 1. The van der Waals surface area contributed by atoms with Crippen molar-refractivity contribution in [2.24, 2.45) is 5.73 Å². The van der Waals surface area contributed by atoms with Gasteiger partial charge in [-0.25, -0.2) is 14.6 Å². The lowest BCUT2D eigenvalue weighted by Crippen LogP contribution is -2.18. The molecule has 2 aromatic rings. The number of carbonyl (C=O) groups is 1. The van der Waals surface area contributed by atoms with Crippen molar-refractivity contribution in [1.82, 2.24) is 19.7 Å². The lowest BCUT2D eigenvalue weighted by molar-refractivity contribution is 0.0995. The fourth-order valence-corrected chi connectivity index (χ4v) is 1.81. The van der Waals surface area contributed by atoms with Crippen LogP contribution in [0.25, 0.3) is 5.82 Å². The number of carbonyl (C=O) groups excluding carboxylic acids is 1. The van der Waals surface area contributed by atoms with E-state index in [2.05, 4.69) is 31.0 Å². The Hall–Kier alpha value is -1.76. The molecule has 0 saturated carbocycles. The van der Waals surface area contributed by atoms with E-state index in [0.29, 0.717) is 16.2 Å². The fraction of sp³-hybridized carbons (Fsp3) is 0.333. The molecule has 0 spiro atoms. The summed E-state index contributed by atoms with van der Waals surface area (Å²) in [4.78, 5) is 19.8. The number of aromatic nitrogens is 4. The molecule has 2 rings (SSSR count). The summed E-state index contributed by atoms with van der Waals surface area (Å²) in [5.41, 5.74) is 5.20. The average molecular weight is 324 g/mol. The van der Waals surface area contributed by atoms with Gasteiger partial charge in [0.15, 0.2) is 5.82 Å². The largest absolute Gasteiger partial charge is 0.364 e. The highest BCUT2D eigenvalue weighted by Crippen LogP contribution is 2.21. The highest BCUT2D eigenvalue weighted by atomic mass is 79.9. The van der Waals surface area contributed by atoms with Crippen molar-refractivity contribution < 1.29 is 4.79 Å². The Kier molecular flexibility index (Phi) is 3.40. The van der Waals surface area contributed by atoms with Crippen LogP contribution in [0.15, 0.2) is 22.9 Å². The Morgan fingerprint density at radius 1 is 1.37 bits per heavy atom. The Morgan fingerprint density at radius 2 is 2.05 bits per heavy atom. The SMILES string of the molecule is CC(C)(C)c1nc(Br)cc(-n2ccc(C(N)=O)n2)n1. The van der Waals surface area contributed by atoms with Gasteiger partial charge in [-0.3, -0.25) is 4.79 Å². The van der Waals surface area contributed by atoms with Gasteiger partial charge in [-0.1, -0.05) is 20.8 Å². The van der Waals surface area contributed by atoms with Crippen molar-refractivity contribution in [3.63, 3.8) is 0 Å². The van der Waals surface area contributed by atoms with Gasteiger partial charge in [-0.05, 0) is 22.0 Å². The number of rotatable bonds is 2. The standard InChI is InChI=1S/C12H14BrN5O/c1-12(2,3)11-15-8(13)6-9(16-11)18-5-4-7(17-18)10(14)19/h4-6H,1-3H3,(H2,14,19). The van der Waals surface area contributed by atoms with Crippen LogP contribution in [0.5, 0.6) is 0 Å². The zero-order valence-corrected chi connectivity index (χ0v) is 12.5. The lowest BCUT2D eigenvalue weighted by Gasteiger charge is -2.17. The first-order valence-electron chi connectivity index (χ1n) is 5.68. The van der Waals surface area contributed by atoms with E-state index in [1.807, 2.05) is 20.8 Å². The highest BCUT2D eigenvalue weighted by molar-refractivity contribution is 9.10. The van der Waals surface area contributed by atoms with E-state index in [0.717, 1.165) is 0 Å². The molecule has 1 amide bonds. The van der Waals surface area contributed by atoms with Crippen LogP contribution in [0.2, 0.25) is 0 Å². The van der Waals surface area contributed by atoms with E-state index >= 15 is 0 Å². The Balaban J connectivity index is 2.50. The summed E-state index contributed by atoms with van der Waals surface area (Å²) in [7, 11) is 0. The number of halogens is 1. The second kappa shape index (κ2) is 4.73. The van der Waals surface area contributed by atoms with Crippen LogP contribution < -0.4 is 5.73 Å². The average Bonchev–Trinajstić information content (AvgIpc) is 2.76. The Labute approximate surface area is 119 Å². The van der Waals surface area contributed by atoms with Gasteiger partial charge in [0.1, 0.15) is 16.1 Å². The van der Waals surface area contributed by atoms with Crippen LogP contribution in [0.4, 0.5) is 0 Å². The van der Waals surface area contributed by atoms with Gasteiger partial charge in [0, 0.05) is 17.7 Å². The van der Waals surface area contributed by atoms with Crippen LogP contribution >= 0.6 is 15.9 Å². The number of hydrogen-bond donors (Lipinski definition) is 1. The molecule has 0 saturated heterocycles. The Morgan fingerprint density at radius 3 is 2.58 bits per heavy atom. The lowest BCUT2D eigenvalue weighted by atomic mass is 9.96. The number of nitrogens with zero attached hydrogens (tertiary/aromatic N) is 4. The maximum atomic E-state index is 11.0. The zero-order chi connectivity index (χ0) is 14.2. The van der Waals surface area contributed by atoms with Crippen LogP contribution in [-0.4, -0.2) is 25.7 Å². The van der Waals surface area contributed by atoms with Crippen molar-refractivity contribution in [2.45, 2.75) is 26.2 Å². The minimum absolute atomic E-state index is 0.182. The molecule has 0 aliphatic carbocycles. The molecule has 0 aliphatic rings. The van der Waals surface area contributed by atoms with Crippen molar-refractivity contribution in [3.8, 4) is 5.82 Å². The second-order valence-electron chi connectivity index (χ2n) is 5.13. The Bertz CT molecular complexity index is 629. The van der Waals surface area contributed by atoms with Gasteiger partial charge >= 0.3 is 0 Å². The van der Waals surface area contributed by atoms with Crippen molar-refractivity contribution in [1.29, 1.82) is 0 Å². The highest BCUT2D eigenvalue weighted by Gasteiger charge is 2.19. The topological polar surface area (TPSA) is 86.7 Å². The third-order valence-corrected chi connectivity index (χ3v) is 2.83. The molecule has 19 heavy (non-hydrogen) atoms. The maximum Gasteiger partial charge on any atom is 0.269 e. The minimum atomic E-state index is -0.567. The molecule has 0 bridgehead atoms. The number of primary amides is 1. The molecule has 0 atom stereocenters. The van der Waals surface area contributed by atoms with Crippen LogP contribution in [0, 0.1) is 0 Å². The van der Waals surface area contributed by atoms with Gasteiger partial charge in [-0.2, -0.15) is 5.10 Å². The molecule has 6 nitrogen and oxygen atoms in total. The molecule has 0 aromatic carbocycles. The summed E-state index contributed by atoms with van der Waals surface area (Å²) in [6, 6.07) is 3.28. The first-order chi connectivity index (χ1) is 8.77. The van der Waals surface area contributed by atoms with Gasteiger partial charge in [-0.15, -0.1) is 0 Å². The summed E-state index contributed by atoms with van der Waals surface area (Å²) in [6.45, 7) is 6.07. The van der Waals surface area contributed by atoms with E-state index in [1.165, 1.54) is 4.68 Å². The summed E-state index contributed by atoms with van der Waals surface area (Å²) < 4.78 is 2.17. The van der Waals surface area contributed by atoms with Crippen LogP contribution in [0.3, 0.4) is 0 Å². The maximum absolute atomic E-state index is 11.0. The summed E-state index contributed by atoms with van der Waals surface area (Å²) in [5.74, 6) is 0.704. The molecule has 0 fully saturated rings. The van der Waals surface area contributed by atoms with E-state index in [1.54, 1.807) is 18.3 Å². The molecule has 2 aromatic heterocycles. The van der Waals surface area contributed by atoms with E-state index in [-0.39, 0.29) is 11.1 Å². The first kappa shape index (κ1) is 13.7. The van der Waals surface area contributed by atoms with E-state index in [9.17, 15) is 4.79 Å². The van der Waals surface area contributed by atoms with Gasteiger partial charge in [0.25, 0.3) is 5.91 Å². The van der Waals surface area contributed by atoms with Crippen LogP contribution in [0.1, 0.15) is 37.1 Å². The number of hydrogen-bond acceptors (Lipinski definition) is 4. The summed E-state index contributed by atoms with van der Waals surface area (Å²) in [5, 5.41) is 4.08. The summed E-state index contributed by atoms with van der Waals surface area (Å²) >= 11 is 3.35. The quantitative estimate of drug-likeness (QED) is 0.854. The molecular formula is C12H14BrN5O. The summed E-state index contributed by atoms with van der Waals surface area (Å²) in [6.07, 6.45) is 1.64. The molecule has 2 heterocycles. The van der Waals surface area contributed by atoms with E-state index < -0.39 is 5.91 Å². The fourth-order valence-electron chi connectivity index (χ4n) is 1.44. The van der Waals surface area contributed by atoms with Gasteiger partial charge < -0.3 is 5.73 Å². The van der Waals surface area contributed by atoms with E-state index in [4.69, 9.17) is 5.73 Å². The monoisotopic (exact) mass is 323 g/mol. The predicted molar refractivity (Wildman–Crippen MR) is 74.1 cm³/mol. The normalized spacial score (nSPS) is 11.6. The molecule has 0 radical (unpaired) electrons. The van der Waals surface area contributed by atoms with Crippen molar-refractivity contribution >= 4 is 21.8 Å². The molecular weight excluding hydrogens is 310 g/mol. The zero-order valence-electron chi connectivity index (χ0n) is 10.9. The smallest absolute Gasteiger partial charge is 0.269 e. The first-order valence-corrected chi connectivity index (χ1v) is 6.47. The van der Waals surface area contributed by atoms with Crippen molar-refractivity contribution in [3.05, 3.63) is 34.5 Å². The minimum Gasteiger partial charge on any atom is -0.364 e. The van der Waals surface area contributed by atoms with Crippen LogP contribution in [-0.2, 0) is 5.41 Å². The van der Waals surface area contributed by atoms with Crippen molar-refractivity contribution in [2.75, 3.05) is 0 Å². The molecule has 7 heteroatoms. The van der Waals surface area contributed by atoms with Gasteiger partial charge in [0.2, 0.25) is 0 Å². The van der Waals surface area contributed by atoms with Gasteiger partial charge in [0.05, 0.1) is 0 Å². The molecule has 0 unspecified atom stereocenters. The molecule has 2 N–H and O–H groups in total. The number of amides is 1. The second-order valence-corrected chi connectivity index (χ2v) is 5.94. The predicted octanol–water partition coefficient (Wildman–Crippen LogP) is 1.82.